The summed E-state index contributed by atoms with van der Waals surface area (Å²) in [5.41, 5.74) is 4.03. The SMILES string of the molecule is Cc1ccc(C)c(Oc2ccc(C3Oc4ccccc4OC3C(=O)O)cc2)c1C. The minimum atomic E-state index is -1.13. The van der Waals surface area contributed by atoms with E-state index >= 15 is 0 Å². The maximum Gasteiger partial charge on any atom is 0.349 e. The van der Waals surface area contributed by atoms with Crippen LogP contribution in [0.1, 0.15) is 28.4 Å². The van der Waals surface area contributed by atoms with Gasteiger partial charge >= 0.3 is 5.97 Å². The quantitative estimate of drug-likeness (QED) is 0.649. The molecule has 0 spiro atoms. The van der Waals surface area contributed by atoms with Gasteiger partial charge in [0.25, 0.3) is 0 Å². The third kappa shape index (κ3) is 3.63. The molecule has 29 heavy (non-hydrogen) atoms. The van der Waals surface area contributed by atoms with Gasteiger partial charge in [0.15, 0.2) is 17.6 Å². The van der Waals surface area contributed by atoms with Crippen molar-refractivity contribution in [2.45, 2.75) is 33.0 Å². The number of benzene rings is 3. The maximum absolute atomic E-state index is 11.7. The second-order valence-electron chi connectivity index (χ2n) is 7.19. The minimum Gasteiger partial charge on any atom is -0.478 e. The van der Waals surface area contributed by atoms with Crippen LogP contribution in [0.3, 0.4) is 0 Å². The topological polar surface area (TPSA) is 65.0 Å². The van der Waals surface area contributed by atoms with Crippen molar-refractivity contribution in [2.75, 3.05) is 0 Å². The third-order valence-corrected chi connectivity index (χ3v) is 5.18. The molecule has 1 heterocycles. The van der Waals surface area contributed by atoms with Crippen LogP contribution in [0.2, 0.25) is 0 Å². The van der Waals surface area contributed by atoms with Crippen molar-refractivity contribution in [1.29, 1.82) is 0 Å². The lowest BCUT2D eigenvalue weighted by molar-refractivity contribution is -0.151. The van der Waals surface area contributed by atoms with Crippen LogP contribution < -0.4 is 14.2 Å². The van der Waals surface area contributed by atoms with Crippen molar-refractivity contribution < 1.29 is 24.1 Å². The number of para-hydroxylation sites is 2. The average Bonchev–Trinajstić information content (AvgIpc) is 2.73. The van der Waals surface area contributed by atoms with E-state index in [4.69, 9.17) is 14.2 Å². The summed E-state index contributed by atoms with van der Waals surface area (Å²) in [6.07, 6.45) is -1.88. The molecule has 0 amide bonds. The molecule has 0 radical (unpaired) electrons. The van der Waals surface area contributed by atoms with E-state index in [-0.39, 0.29) is 0 Å². The molecule has 0 saturated heterocycles. The van der Waals surface area contributed by atoms with Gasteiger partial charge in [-0.15, -0.1) is 0 Å². The molecule has 1 N–H and O–H groups in total. The Bertz CT molecular complexity index is 1060. The van der Waals surface area contributed by atoms with E-state index in [1.807, 2.05) is 50.2 Å². The number of carboxylic acid groups (broad SMARTS) is 1. The highest BCUT2D eigenvalue weighted by atomic mass is 16.6. The van der Waals surface area contributed by atoms with Crippen LogP contribution in [0.5, 0.6) is 23.0 Å². The number of carbonyl (C=O) groups is 1. The lowest BCUT2D eigenvalue weighted by atomic mass is 10.0. The van der Waals surface area contributed by atoms with Gasteiger partial charge in [-0.3, -0.25) is 0 Å². The second kappa shape index (κ2) is 7.51. The van der Waals surface area contributed by atoms with Crippen molar-refractivity contribution in [2.24, 2.45) is 0 Å². The van der Waals surface area contributed by atoms with E-state index in [9.17, 15) is 9.90 Å². The van der Waals surface area contributed by atoms with Gasteiger partial charge in [0, 0.05) is 0 Å². The highest BCUT2D eigenvalue weighted by Crippen LogP contribution is 2.40. The summed E-state index contributed by atoms with van der Waals surface area (Å²) in [7, 11) is 0. The number of carboxylic acids is 1. The van der Waals surface area contributed by atoms with Gasteiger partial charge in [-0.1, -0.05) is 36.4 Å². The van der Waals surface area contributed by atoms with Crippen LogP contribution in [0.25, 0.3) is 0 Å². The van der Waals surface area contributed by atoms with Gasteiger partial charge in [0.05, 0.1) is 0 Å². The summed E-state index contributed by atoms with van der Waals surface area (Å²) in [5.74, 6) is 1.40. The van der Waals surface area contributed by atoms with Crippen LogP contribution in [-0.4, -0.2) is 17.2 Å². The number of fused-ring (bicyclic) bond motifs is 1. The lowest BCUT2D eigenvalue weighted by Crippen LogP contribution is -2.39. The van der Waals surface area contributed by atoms with Gasteiger partial charge in [-0.05, 0) is 67.3 Å². The molecular formula is C24H22O5. The van der Waals surface area contributed by atoms with E-state index in [1.54, 1.807) is 18.2 Å². The molecule has 5 heteroatoms. The zero-order valence-corrected chi connectivity index (χ0v) is 16.5. The number of ether oxygens (including phenoxy) is 3. The molecule has 3 aromatic carbocycles. The molecule has 0 fully saturated rings. The Labute approximate surface area is 169 Å². The second-order valence-corrected chi connectivity index (χ2v) is 7.19. The average molecular weight is 390 g/mol. The highest BCUT2D eigenvalue weighted by molar-refractivity contribution is 5.75. The molecule has 2 atom stereocenters. The molecule has 3 aromatic rings. The fraction of sp³-hybridized carbons (Fsp3) is 0.208. The van der Waals surface area contributed by atoms with Gasteiger partial charge in [-0.2, -0.15) is 0 Å². The first-order valence-corrected chi connectivity index (χ1v) is 9.44. The fourth-order valence-electron chi connectivity index (χ4n) is 3.39. The predicted octanol–water partition coefficient (Wildman–Crippen LogP) is 5.37. The Morgan fingerprint density at radius 1 is 0.862 bits per heavy atom. The minimum absolute atomic E-state index is 0.432. The molecule has 1 aliphatic rings. The zero-order chi connectivity index (χ0) is 20.5. The van der Waals surface area contributed by atoms with E-state index in [1.165, 1.54) is 0 Å². The largest absolute Gasteiger partial charge is 0.478 e. The van der Waals surface area contributed by atoms with Crippen LogP contribution in [0.15, 0.2) is 60.7 Å². The van der Waals surface area contributed by atoms with Crippen LogP contribution in [0.4, 0.5) is 0 Å². The summed E-state index contributed by atoms with van der Waals surface area (Å²) < 4.78 is 17.7. The van der Waals surface area contributed by atoms with Crippen LogP contribution in [0, 0.1) is 20.8 Å². The van der Waals surface area contributed by atoms with E-state index in [2.05, 4.69) is 13.0 Å². The standard InChI is InChI=1S/C24H22O5/c1-14-8-9-15(2)21(16(14)3)27-18-12-10-17(11-13-18)22-23(24(25)26)29-20-7-5-4-6-19(20)28-22/h4-13,22-23H,1-3H3,(H,25,26). The summed E-state index contributed by atoms with van der Waals surface area (Å²) in [6, 6.07) is 18.4. The van der Waals surface area contributed by atoms with Gasteiger partial charge < -0.3 is 19.3 Å². The number of rotatable bonds is 4. The van der Waals surface area contributed by atoms with E-state index in [0.717, 1.165) is 22.4 Å². The first-order valence-electron chi connectivity index (χ1n) is 9.44. The molecule has 5 nitrogen and oxygen atoms in total. The first-order chi connectivity index (χ1) is 13.9. The molecule has 0 bridgehead atoms. The van der Waals surface area contributed by atoms with Crippen molar-refractivity contribution in [3.8, 4) is 23.0 Å². The van der Waals surface area contributed by atoms with Crippen molar-refractivity contribution in [3.05, 3.63) is 82.9 Å². The van der Waals surface area contributed by atoms with Crippen molar-refractivity contribution >= 4 is 5.97 Å². The number of hydrogen-bond donors (Lipinski definition) is 1. The van der Waals surface area contributed by atoms with Gasteiger partial charge in [0.2, 0.25) is 6.10 Å². The Morgan fingerprint density at radius 3 is 2.14 bits per heavy atom. The number of aryl methyl sites for hydroxylation is 2. The third-order valence-electron chi connectivity index (χ3n) is 5.18. The molecule has 0 aliphatic carbocycles. The number of hydrogen-bond acceptors (Lipinski definition) is 4. The molecule has 0 aromatic heterocycles. The molecular weight excluding hydrogens is 368 g/mol. The summed E-state index contributed by atoms with van der Waals surface area (Å²) >= 11 is 0. The normalized spacial score (nSPS) is 17.6. The van der Waals surface area contributed by atoms with Crippen LogP contribution in [-0.2, 0) is 4.79 Å². The highest BCUT2D eigenvalue weighted by Gasteiger charge is 2.38. The molecule has 4 rings (SSSR count). The smallest absolute Gasteiger partial charge is 0.349 e. The van der Waals surface area contributed by atoms with Crippen molar-refractivity contribution in [1.82, 2.24) is 0 Å². The van der Waals surface area contributed by atoms with E-state index in [0.29, 0.717) is 22.8 Å². The maximum atomic E-state index is 11.7. The molecule has 2 unspecified atom stereocenters. The van der Waals surface area contributed by atoms with Gasteiger partial charge in [0.1, 0.15) is 11.5 Å². The lowest BCUT2D eigenvalue weighted by Gasteiger charge is -2.31. The first kappa shape index (κ1) is 18.9. The molecule has 0 saturated carbocycles. The Kier molecular flexibility index (Phi) is 4.89. The van der Waals surface area contributed by atoms with Crippen LogP contribution >= 0.6 is 0 Å². The van der Waals surface area contributed by atoms with E-state index < -0.39 is 18.2 Å². The van der Waals surface area contributed by atoms with Gasteiger partial charge in [-0.25, -0.2) is 4.79 Å². The number of aliphatic carboxylic acids is 1. The zero-order valence-electron chi connectivity index (χ0n) is 16.5. The monoisotopic (exact) mass is 390 g/mol. The summed E-state index contributed by atoms with van der Waals surface area (Å²) in [6.45, 7) is 6.10. The molecule has 1 aliphatic heterocycles. The summed E-state index contributed by atoms with van der Waals surface area (Å²) in [5, 5.41) is 9.60. The Balaban J connectivity index is 1.60. The predicted molar refractivity (Wildman–Crippen MR) is 109 cm³/mol. The Morgan fingerprint density at radius 2 is 1.48 bits per heavy atom. The fourth-order valence-corrected chi connectivity index (χ4v) is 3.39. The molecule has 148 valence electrons. The van der Waals surface area contributed by atoms with Crippen molar-refractivity contribution in [3.63, 3.8) is 0 Å². The Hall–Kier alpha value is -3.47. The summed E-state index contributed by atoms with van der Waals surface area (Å²) in [4.78, 5) is 11.7.